The van der Waals surface area contributed by atoms with E-state index in [0.29, 0.717) is 26.2 Å². The van der Waals surface area contributed by atoms with E-state index < -0.39 is 29.3 Å². The van der Waals surface area contributed by atoms with E-state index in [0.717, 1.165) is 30.8 Å². The fraction of sp³-hybridized carbons (Fsp3) is 0.417. The molecule has 2 heterocycles. The molecule has 4 rings (SSSR count). The summed E-state index contributed by atoms with van der Waals surface area (Å²) >= 11 is 0. The van der Waals surface area contributed by atoms with Gasteiger partial charge in [-0.15, -0.1) is 0 Å². The summed E-state index contributed by atoms with van der Waals surface area (Å²) < 4.78 is 56.4. The van der Waals surface area contributed by atoms with E-state index in [1.54, 1.807) is 0 Å². The molecule has 1 N–H and O–H groups in total. The van der Waals surface area contributed by atoms with E-state index in [1.807, 2.05) is 4.90 Å². The Kier molecular flexibility index (Phi) is 6.62. The molecule has 2 aliphatic rings. The molecule has 0 bridgehead atoms. The molecule has 0 aliphatic carbocycles. The third-order valence-electron chi connectivity index (χ3n) is 6.31. The van der Waals surface area contributed by atoms with Crippen molar-refractivity contribution in [3.05, 3.63) is 83.1 Å². The SMILES string of the molecule is C=C([C@@H]1CCCCN1)N1CCN(C(c2ccc(F)cc2F)c2ccc(F)cc2F)CC1. The van der Waals surface area contributed by atoms with Crippen LogP contribution in [0.25, 0.3) is 0 Å². The van der Waals surface area contributed by atoms with E-state index in [4.69, 9.17) is 0 Å². The van der Waals surface area contributed by atoms with Gasteiger partial charge in [0.1, 0.15) is 23.3 Å². The first-order valence-corrected chi connectivity index (χ1v) is 10.7. The van der Waals surface area contributed by atoms with Gasteiger partial charge in [0.25, 0.3) is 0 Å². The summed E-state index contributed by atoms with van der Waals surface area (Å²) in [6.45, 7) is 7.69. The van der Waals surface area contributed by atoms with E-state index in [1.165, 1.54) is 37.1 Å². The normalized spacial score (nSPS) is 20.3. The maximum Gasteiger partial charge on any atom is 0.131 e. The van der Waals surface area contributed by atoms with Crippen LogP contribution < -0.4 is 5.32 Å². The van der Waals surface area contributed by atoms with Crippen LogP contribution in [-0.2, 0) is 0 Å². The molecular formula is C24H27F4N3. The van der Waals surface area contributed by atoms with Crippen LogP contribution in [0.2, 0.25) is 0 Å². The third kappa shape index (κ3) is 4.77. The summed E-state index contributed by atoms with van der Waals surface area (Å²) in [5.74, 6) is -2.87. The maximum atomic E-state index is 14.7. The summed E-state index contributed by atoms with van der Waals surface area (Å²) in [5, 5.41) is 3.50. The van der Waals surface area contributed by atoms with Gasteiger partial charge in [-0.25, -0.2) is 17.6 Å². The molecule has 2 fully saturated rings. The molecule has 2 aromatic carbocycles. The minimum atomic E-state index is -0.774. The Labute approximate surface area is 180 Å². The predicted molar refractivity (Wildman–Crippen MR) is 112 cm³/mol. The number of hydrogen-bond donors (Lipinski definition) is 1. The van der Waals surface area contributed by atoms with E-state index in [2.05, 4.69) is 16.8 Å². The van der Waals surface area contributed by atoms with Crippen LogP contribution in [0.15, 0.2) is 48.7 Å². The molecule has 2 aliphatic heterocycles. The summed E-state index contributed by atoms with van der Waals surface area (Å²) in [5.41, 5.74) is 1.40. The van der Waals surface area contributed by atoms with Gasteiger partial charge in [0, 0.05) is 61.2 Å². The monoisotopic (exact) mass is 433 g/mol. The van der Waals surface area contributed by atoms with Crippen LogP contribution >= 0.6 is 0 Å². The molecule has 31 heavy (non-hydrogen) atoms. The standard InChI is InChI=1S/C24H27F4N3/c1-16(23-4-2-3-9-29-23)30-10-12-31(13-11-30)24(19-7-5-17(25)14-21(19)27)20-8-6-18(26)15-22(20)28/h5-8,14-15,23-24,29H,1-4,9-13H2/t23-/m0/s1. The first kappa shape index (κ1) is 21.8. The minimum Gasteiger partial charge on any atom is -0.371 e. The first-order chi connectivity index (χ1) is 14.9. The molecule has 0 amide bonds. The Balaban J connectivity index is 1.57. The lowest BCUT2D eigenvalue weighted by atomic mass is 9.95. The number of nitrogens with zero attached hydrogens (tertiary/aromatic N) is 2. The smallest absolute Gasteiger partial charge is 0.131 e. The maximum absolute atomic E-state index is 14.7. The molecule has 3 nitrogen and oxygen atoms in total. The van der Waals surface area contributed by atoms with Gasteiger partial charge in [0.15, 0.2) is 0 Å². The lowest BCUT2D eigenvalue weighted by molar-refractivity contribution is 0.121. The second kappa shape index (κ2) is 9.40. The van der Waals surface area contributed by atoms with Crippen LogP contribution in [0.5, 0.6) is 0 Å². The molecule has 0 unspecified atom stereocenters. The number of nitrogens with one attached hydrogen (secondary N) is 1. The highest BCUT2D eigenvalue weighted by Gasteiger charge is 2.32. The lowest BCUT2D eigenvalue weighted by Gasteiger charge is -2.43. The van der Waals surface area contributed by atoms with Crippen LogP contribution in [0.3, 0.4) is 0 Å². The highest BCUT2D eigenvalue weighted by Crippen LogP contribution is 2.34. The van der Waals surface area contributed by atoms with E-state index >= 15 is 0 Å². The predicted octanol–water partition coefficient (Wildman–Crippen LogP) is 4.61. The molecule has 0 radical (unpaired) electrons. The van der Waals surface area contributed by atoms with Gasteiger partial charge >= 0.3 is 0 Å². The molecule has 0 aromatic heterocycles. The van der Waals surface area contributed by atoms with E-state index in [-0.39, 0.29) is 17.2 Å². The molecule has 166 valence electrons. The summed E-state index contributed by atoms with van der Waals surface area (Å²) in [7, 11) is 0. The average Bonchev–Trinajstić information content (AvgIpc) is 2.77. The van der Waals surface area contributed by atoms with Gasteiger partial charge in [-0.05, 0) is 31.5 Å². The van der Waals surface area contributed by atoms with Crippen molar-refractivity contribution in [3.63, 3.8) is 0 Å². The summed E-state index contributed by atoms with van der Waals surface area (Å²) in [4.78, 5) is 4.18. The Hall–Kier alpha value is -2.38. The summed E-state index contributed by atoms with van der Waals surface area (Å²) in [6.07, 6.45) is 3.40. The third-order valence-corrected chi connectivity index (χ3v) is 6.31. The second-order valence-electron chi connectivity index (χ2n) is 8.25. The zero-order valence-corrected chi connectivity index (χ0v) is 17.4. The first-order valence-electron chi connectivity index (χ1n) is 10.7. The van der Waals surface area contributed by atoms with Crippen LogP contribution in [0.1, 0.15) is 36.4 Å². The molecular weight excluding hydrogens is 406 g/mol. The van der Waals surface area contributed by atoms with Crippen molar-refractivity contribution in [1.82, 2.24) is 15.1 Å². The van der Waals surface area contributed by atoms with Crippen molar-refractivity contribution < 1.29 is 17.6 Å². The zero-order valence-electron chi connectivity index (χ0n) is 17.4. The summed E-state index contributed by atoms with van der Waals surface area (Å²) in [6, 6.07) is 6.11. The Morgan fingerprint density at radius 1 is 0.871 bits per heavy atom. The fourth-order valence-corrected chi connectivity index (χ4v) is 4.63. The van der Waals surface area contributed by atoms with Crippen LogP contribution in [0.4, 0.5) is 17.6 Å². The van der Waals surface area contributed by atoms with Crippen molar-refractivity contribution in [2.45, 2.75) is 31.3 Å². The van der Waals surface area contributed by atoms with Crippen molar-refractivity contribution >= 4 is 0 Å². The average molecular weight is 433 g/mol. The quantitative estimate of drug-likeness (QED) is 0.695. The van der Waals surface area contributed by atoms with Crippen LogP contribution in [0, 0.1) is 23.3 Å². The highest BCUT2D eigenvalue weighted by molar-refractivity contribution is 5.34. The lowest BCUT2D eigenvalue weighted by Crippen LogP contribution is -2.50. The Morgan fingerprint density at radius 2 is 1.45 bits per heavy atom. The molecule has 0 spiro atoms. The second-order valence-corrected chi connectivity index (χ2v) is 8.25. The molecule has 7 heteroatoms. The van der Waals surface area contributed by atoms with Crippen molar-refractivity contribution in [3.8, 4) is 0 Å². The van der Waals surface area contributed by atoms with Crippen molar-refractivity contribution in [2.75, 3.05) is 32.7 Å². The Morgan fingerprint density at radius 3 is 1.94 bits per heavy atom. The van der Waals surface area contributed by atoms with Gasteiger partial charge in [-0.1, -0.05) is 25.1 Å². The van der Waals surface area contributed by atoms with Gasteiger partial charge in [-0.3, -0.25) is 4.90 Å². The number of piperazine rings is 1. The molecule has 1 atom stereocenters. The van der Waals surface area contributed by atoms with E-state index in [9.17, 15) is 17.6 Å². The topological polar surface area (TPSA) is 18.5 Å². The number of hydrogen-bond acceptors (Lipinski definition) is 3. The van der Waals surface area contributed by atoms with Crippen LogP contribution in [-0.4, -0.2) is 48.6 Å². The largest absolute Gasteiger partial charge is 0.371 e. The highest BCUT2D eigenvalue weighted by atomic mass is 19.1. The van der Waals surface area contributed by atoms with Gasteiger partial charge in [0.05, 0.1) is 6.04 Å². The Bertz CT molecular complexity index is 883. The van der Waals surface area contributed by atoms with Crippen molar-refractivity contribution in [2.24, 2.45) is 0 Å². The number of rotatable bonds is 5. The number of piperidine rings is 1. The molecule has 2 aromatic rings. The van der Waals surface area contributed by atoms with Gasteiger partial charge in [-0.2, -0.15) is 0 Å². The van der Waals surface area contributed by atoms with Gasteiger partial charge in [0.2, 0.25) is 0 Å². The number of halogens is 4. The fourth-order valence-electron chi connectivity index (χ4n) is 4.63. The molecule has 0 saturated carbocycles. The van der Waals surface area contributed by atoms with Gasteiger partial charge < -0.3 is 10.2 Å². The minimum absolute atomic E-state index is 0.174. The number of benzene rings is 2. The molecule has 2 saturated heterocycles. The van der Waals surface area contributed by atoms with Crippen molar-refractivity contribution in [1.29, 1.82) is 0 Å². The zero-order chi connectivity index (χ0) is 22.0.